The number of amides is 1. The Balaban J connectivity index is 1.93. The van der Waals surface area contributed by atoms with Gasteiger partial charge in [0.15, 0.2) is 9.84 Å². The Morgan fingerprint density at radius 3 is 2.59 bits per heavy atom. The van der Waals surface area contributed by atoms with Crippen LogP contribution in [0.25, 0.3) is 0 Å². The highest BCUT2D eigenvalue weighted by Crippen LogP contribution is 2.30. The molecule has 0 saturated carbocycles. The van der Waals surface area contributed by atoms with E-state index in [2.05, 4.69) is 5.32 Å². The summed E-state index contributed by atoms with van der Waals surface area (Å²) in [7, 11) is -3.11. The van der Waals surface area contributed by atoms with E-state index in [-0.39, 0.29) is 35.5 Å². The Labute approximate surface area is 130 Å². The Morgan fingerprint density at radius 2 is 1.95 bits per heavy atom. The van der Waals surface area contributed by atoms with Gasteiger partial charge in [-0.3, -0.25) is 4.79 Å². The first kappa shape index (κ1) is 15.3. The van der Waals surface area contributed by atoms with Gasteiger partial charge in [0.2, 0.25) is 5.91 Å². The number of carbonyl (C=O) groups is 1. The number of piperazine rings is 1. The minimum atomic E-state index is -3.11. The number of nitrogens with one attached hydrogen (secondary N) is 1. The second-order valence-electron chi connectivity index (χ2n) is 5.77. The monoisotopic (exact) mass is 324 g/mol. The maximum absolute atomic E-state index is 12.5. The van der Waals surface area contributed by atoms with Crippen molar-refractivity contribution in [2.24, 2.45) is 0 Å². The van der Waals surface area contributed by atoms with E-state index in [4.69, 9.17) is 4.74 Å². The number of carbonyl (C=O) groups excluding carboxylic acids is 1. The van der Waals surface area contributed by atoms with E-state index in [0.717, 1.165) is 5.75 Å². The number of nitrogens with zero attached hydrogens (tertiary/aromatic N) is 1. The molecule has 1 aromatic rings. The van der Waals surface area contributed by atoms with Gasteiger partial charge in [0.25, 0.3) is 0 Å². The van der Waals surface area contributed by atoms with Crippen molar-refractivity contribution in [1.29, 1.82) is 0 Å². The number of benzene rings is 1. The summed E-state index contributed by atoms with van der Waals surface area (Å²) in [5, 5.41) is 3.12. The summed E-state index contributed by atoms with van der Waals surface area (Å²) < 4.78 is 29.3. The SMILES string of the molecule is CCOc1ccc(N2C(=O)[C@H](C)N[C@@H]3CS(=O)(=O)C[C@@H]32)cc1. The third kappa shape index (κ3) is 2.70. The Morgan fingerprint density at radius 1 is 1.27 bits per heavy atom. The summed E-state index contributed by atoms with van der Waals surface area (Å²) in [5.74, 6) is 0.735. The van der Waals surface area contributed by atoms with Gasteiger partial charge in [0, 0.05) is 11.7 Å². The van der Waals surface area contributed by atoms with Gasteiger partial charge in [-0.25, -0.2) is 8.42 Å². The molecule has 2 saturated heterocycles. The molecule has 6 nitrogen and oxygen atoms in total. The fourth-order valence-electron chi connectivity index (χ4n) is 3.20. The van der Waals surface area contributed by atoms with Gasteiger partial charge in [-0.05, 0) is 38.1 Å². The lowest BCUT2D eigenvalue weighted by atomic mass is 10.0. The largest absolute Gasteiger partial charge is 0.494 e. The normalized spacial score (nSPS) is 30.2. The zero-order valence-electron chi connectivity index (χ0n) is 12.7. The van der Waals surface area contributed by atoms with Crippen molar-refractivity contribution >= 4 is 21.4 Å². The second kappa shape index (κ2) is 5.55. The molecule has 2 aliphatic heterocycles. The Kier molecular flexibility index (Phi) is 3.86. The fourth-order valence-corrected chi connectivity index (χ4v) is 5.10. The predicted molar refractivity (Wildman–Crippen MR) is 83.9 cm³/mol. The molecule has 0 bridgehead atoms. The van der Waals surface area contributed by atoms with Crippen molar-refractivity contribution in [1.82, 2.24) is 5.32 Å². The Hall–Kier alpha value is -1.60. The summed E-state index contributed by atoms with van der Waals surface area (Å²) in [6.45, 7) is 4.25. The smallest absolute Gasteiger partial charge is 0.244 e. The van der Waals surface area contributed by atoms with Crippen LogP contribution in [0.15, 0.2) is 24.3 Å². The molecule has 3 rings (SSSR count). The van der Waals surface area contributed by atoms with Crippen LogP contribution in [0.5, 0.6) is 5.75 Å². The number of anilines is 1. The third-order valence-electron chi connectivity index (χ3n) is 4.15. The van der Waals surface area contributed by atoms with E-state index in [1.165, 1.54) is 0 Å². The molecular weight excluding hydrogens is 304 g/mol. The van der Waals surface area contributed by atoms with Crippen LogP contribution in [0.2, 0.25) is 0 Å². The Bertz CT molecular complexity index is 671. The fraction of sp³-hybridized carbons (Fsp3) is 0.533. The quantitative estimate of drug-likeness (QED) is 0.880. The first-order valence-electron chi connectivity index (χ1n) is 7.43. The lowest BCUT2D eigenvalue weighted by molar-refractivity contribution is -0.122. The predicted octanol–water partition coefficient (Wildman–Crippen LogP) is 0.576. The molecule has 0 unspecified atom stereocenters. The molecule has 120 valence electrons. The summed E-state index contributed by atoms with van der Waals surface area (Å²) in [4.78, 5) is 14.2. The van der Waals surface area contributed by atoms with Gasteiger partial charge in [-0.15, -0.1) is 0 Å². The van der Waals surface area contributed by atoms with Crippen molar-refractivity contribution in [3.63, 3.8) is 0 Å². The van der Waals surface area contributed by atoms with Crippen LogP contribution in [0.4, 0.5) is 5.69 Å². The van der Waals surface area contributed by atoms with Gasteiger partial charge in [-0.1, -0.05) is 0 Å². The number of hydrogen-bond acceptors (Lipinski definition) is 5. The van der Waals surface area contributed by atoms with Crippen molar-refractivity contribution in [2.75, 3.05) is 23.0 Å². The van der Waals surface area contributed by atoms with Gasteiger partial charge in [0.05, 0.1) is 30.2 Å². The standard InChI is InChI=1S/C15H20N2O4S/c1-3-21-12-6-4-11(5-7-12)17-14-9-22(19,20)8-13(14)16-10(2)15(17)18/h4-7,10,13-14,16H,3,8-9H2,1-2H3/t10-,13+,14-/m0/s1. The molecule has 22 heavy (non-hydrogen) atoms. The average Bonchev–Trinajstić information content (AvgIpc) is 2.75. The lowest BCUT2D eigenvalue weighted by Crippen LogP contribution is -2.64. The minimum absolute atomic E-state index is 0.0103. The van der Waals surface area contributed by atoms with Crippen molar-refractivity contribution in [2.45, 2.75) is 32.0 Å². The van der Waals surface area contributed by atoms with Crippen LogP contribution in [-0.4, -0.2) is 50.6 Å². The van der Waals surface area contributed by atoms with Crippen molar-refractivity contribution in [3.8, 4) is 5.75 Å². The average molecular weight is 324 g/mol. The maximum Gasteiger partial charge on any atom is 0.244 e. The van der Waals surface area contributed by atoms with Crippen molar-refractivity contribution < 1.29 is 17.9 Å². The highest BCUT2D eigenvalue weighted by molar-refractivity contribution is 7.91. The van der Waals surface area contributed by atoms with Gasteiger partial charge in [-0.2, -0.15) is 0 Å². The van der Waals surface area contributed by atoms with E-state index in [1.54, 1.807) is 24.0 Å². The highest BCUT2D eigenvalue weighted by atomic mass is 32.2. The van der Waals surface area contributed by atoms with Crippen molar-refractivity contribution in [3.05, 3.63) is 24.3 Å². The summed E-state index contributed by atoms with van der Waals surface area (Å²) >= 11 is 0. The summed E-state index contributed by atoms with van der Waals surface area (Å²) in [6.07, 6.45) is 0. The maximum atomic E-state index is 12.5. The molecule has 2 heterocycles. The molecule has 0 aromatic heterocycles. The molecule has 2 fully saturated rings. The molecule has 3 atom stereocenters. The lowest BCUT2D eigenvalue weighted by Gasteiger charge is -2.40. The number of sulfone groups is 1. The number of fused-ring (bicyclic) bond motifs is 1. The molecule has 1 amide bonds. The van der Waals surface area contributed by atoms with Crippen LogP contribution in [0.3, 0.4) is 0 Å². The van der Waals surface area contributed by atoms with E-state index in [1.807, 2.05) is 19.1 Å². The number of ether oxygens (including phenoxy) is 1. The molecular formula is C15H20N2O4S. The molecule has 0 spiro atoms. The molecule has 0 aliphatic carbocycles. The minimum Gasteiger partial charge on any atom is -0.494 e. The van der Waals surface area contributed by atoms with E-state index in [0.29, 0.717) is 12.3 Å². The second-order valence-corrected chi connectivity index (χ2v) is 7.93. The highest BCUT2D eigenvalue weighted by Gasteiger charge is 2.48. The van der Waals surface area contributed by atoms with E-state index in [9.17, 15) is 13.2 Å². The zero-order chi connectivity index (χ0) is 15.9. The van der Waals surface area contributed by atoms with Crippen LogP contribution in [0.1, 0.15) is 13.8 Å². The topological polar surface area (TPSA) is 75.7 Å². The zero-order valence-corrected chi connectivity index (χ0v) is 13.5. The van der Waals surface area contributed by atoms with Crippen LogP contribution >= 0.6 is 0 Å². The molecule has 0 radical (unpaired) electrons. The van der Waals surface area contributed by atoms with E-state index >= 15 is 0 Å². The number of rotatable bonds is 3. The van der Waals surface area contributed by atoms with Gasteiger partial charge >= 0.3 is 0 Å². The third-order valence-corrected chi connectivity index (χ3v) is 5.87. The molecule has 7 heteroatoms. The van der Waals surface area contributed by atoms with Gasteiger partial charge < -0.3 is 15.0 Å². The van der Waals surface area contributed by atoms with Gasteiger partial charge in [0.1, 0.15) is 5.75 Å². The summed E-state index contributed by atoms with van der Waals surface area (Å²) in [5.41, 5.74) is 0.717. The van der Waals surface area contributed by atoms with Crippen LogP contribution in [0, 0.1) is 0 Å². The first-order valence-corrected chi connectivity index (χ1v) is 9.26. The van der Waals surface area contributed by atoms with E-state index < -0.39 is 9.84 Å². The van der Waals surface area contributed by atoms with Crippen LogP contribution in [-0.2, 0) is 14.6 Å². The first-order chi connectivity index (χ1) is 10.4. The molecule has 1 aromatic carbocycles. The number of hydrogen-bond donors (Lipinski definition) is 1. The van der Waals surface area contributed by atoms with Crippen LogP contribution < -0.4 is 15.0 Å². The summed E-state index contributed by atoms with van der Waals surface area (Å²) in [6, 6.07) is 6.29. The molecule has 1 N–H and O–H groups in total. The molecule has 2 aliphatic rings.